The highest BCUT2D eigenvalue weighted by atomic mass is 19.1. The van der Waals surface area contributed by atoms with Crippen molar-refractivity contribution < 1.29 is 18.5 Å². The molecule has 7 nitrogen and oxygen atoms in total. The molecule has 0 aliphatic carbocycles. The summed E-state index contributed by atoms with van der Waals surface area (Å²) in [4.78, 5) is 30.7. The van der Waals surface area contributed by atoms with Gasteiger partial charge in [0, 0.05) is 30.1 Å². The minimum atomic E-state index is -0.320. The molecule has 0 spiro atoms. The van der Waals surface area contributed by atoms with E-state index in [1.807, 2.05) is 6.07 Å². The maximum atomic E-state index is 13.1. The first-order valence-corrected chi connectivity index (χ1v) is 9.81. The summed E-state index contributed by atoms with van der Waals surface area (Å²) in [6, 6.07) is 14.7. The quantitative estimate of drug-likeness (QED) is 0.701. The van der Waals surface area contributed by atoms with E-state index in [9.17, 15) is 14.0 Å². The molecule has 1 N–H and O–H groups in total. The van der Waals surface area contributed by atoms with Crippen molar-refractivity contribution >= 4 is 11.8 Å². The predicted octanol–water partition coefficient (Wildman–Crippen LogP) is 3.01. The van der Waals surface area contributed by atoms with Gasteiger partial charge in [-0.15, -0.1) is 0 Å². The number of likely N-dealkylation sites (tertiary alicyclic amines) is 1. The highest BCUT2D eigenvalue weighted by molar-refractivity contribution is 5.96. The topological polar surface area (TPSA) is 88.3 Å². The summed E-state index contributed by atoms with van der Waals surface area (Å²) >= 11 is 0. The minimum absolute atomic E-state index is 0.0341. The van der Waals surface area contributed by atoms with E-state index >= 15 is 0 Å². The van der Waals surface area contributed by atoms with Crippen LogP contribution in [0.2, 0.25) is 0 Å². The van der Waals surface area contributed by atoms with Gasteiger partial charge in [0.05, 0.1) is 6.54 Å². The largest absolute Gasteiger partial charge is 0.343 e. The number of nitrogens with zero attached hydrogens (tertiary/aromatic N) is 3. The summed E-state index contributed by atoms with van der Waals surface area (Å²) in [5, 5.41) is 6.65. The van der Waals surface area contributed by atoms with Gasteiger partial charge < -0.3 is 14.7 Å². The number of halogens is 1. The van der Waals surface area contributed by atoms with Crippen LogP contribution in [0.3, 0.4) is 0 Å². The van der Waals surface area contributed by atoms with Crippen LogP contribution in [-0.2, 0) is 4.79 Å². The molecule has 1 saturated heterocycles. The van der Waals surface area contributed by atoms with Crippen LogP contribution >= 0.6 is 0 Å². The zero-order valence-electron chi connectivity index (χ0n) is 16.3. The molecule has 154 valence electrons. The molecule has 1 fully saturated rings. The van der Waals surface area contributed by atoms with E-state index in [1.165, 1.54) is 12.1 Å². The molecule has 0 unspecified atom stereocenters. The second-order valence-electron chi connectivity index (χ2n) is 7.17. The van der Waals surface area contributed by atoms with Crippen LogP contribution in [0.15, 0.2) is 59.1 Å². The number of benzene rings is 2. The minimum Gasteiger partial charge on any atom is -0.343 e. The third-order valence-electron chi connectivity index (χ3n) is 5.18. The first-order valence-electron chi connectivity index (χ1n) is 9.81. The SMILES string of the molecule is O=C(NCC(=O)N1CCC(c2nc(-c3ccc(F)cc3)no2)CC1)c1ccccc1. The lowest BCUT2D eigenvalue weighted by atomic mass is 9.96. The van der Waals surface area contributed by atoms with E-state index < -0.39 is 0 Å². The average molecular weight is 408 g/mol. The van der Waals surface area contributed by atoms with Gasteiger partial charge in [-0.25, -0.2) is 4.39 Å². The lowest BCUT2D eigenvalue weighted by molar-refractivity contribution is -0.131. The van der Waals surface area contributed by atoms with Crippen LogP contribution in [0.1, 0.15) is 35.0 Å². The van der Waals surface area contributed by atoms with Gasteiger partial charge in [0.2, 0.25) is 17.6 Å². The number of aromatic nitrogens is 2. The molecular formula is C22H21FN4O3. The van der Waals surface area contributed by atoms with Crippen molar-refractivity contribution in [3.05, 3.63) is 71.9 Å². The Morgan fingerprint density at radius 2 is 1.77 bits per heavy atom. The highest BCUT2D eigenvalue weighted by Crippen LogP contribution is 2.28. The number of rotatable bonds is 5. The fourth-order valence-electron chi connectivity index (χ4n) is 3.45. The third-order valence-corrected chi connectivity index (χ3v) is 5.18. The van der Waals surface area contributed by atoms with Gasteiger partial charge in [0.25, 0.3) is 5.91 Å². The lowest BCUT2D eigenvalue weighted by Gasteiger charge is -2.30. The second kappa shape index (κ2) is 8.86. The number of carbonyl (C=O) groups is 2. The van der Waals surface area contributed by atoms with Gasteiger partial charge in [-0.2, -0.15) is 4.98 Å². The molecule has 1 aliphatic rings. The van der Waals surface area contributed by atoms with Crippen molar-refractivity contribution in [2.75, 3.05) is 19.6 Å². The molecule has 8 heteroatoms. The molecule has 0 saturated carbocycles. The van der Waals surface area contributed by atoms with Crippen molar-refractivity contribution in [2.24, 2.45) is 0 Å². The number of carbonyl (C=O) groups excluding carboxylic acids is 2. The highest BCUT2D eigenvalue weighted by Gasteiger charge is 2.27. The number of hydrogen-bond acceptors (Lipinski definition) is 5. The standard InChI is InChI=1S/C22H21FN4O3/c23-18-8-6-15(7-9-18)20-25-22(30-26-20)17-10-12-27(13-11-17)19(28)14-24-21(29)16-4-2-1-3-5-16/h1-9,17H,10-14H2,(H,24,29). The van der Waals surface area contributed by atoms with Gasteiger partial charge in [0.15, 0.2) is 0 Å². The Kier molecular flexibility index (Phi) is 5.83. The normalized spacial score (nSPS) is 14.5. The molecule has 0 atom stereocenters. The van der Waals surface area contributed by atoms with Crippen LogP contribution in [0.5, 0.6) is 0 Å². The fourth-order valence-corrected chi connectivity index (χ4v) is 3.45. The molecule has 1 aliphatic heterocycles. The Morgan fingerprint density at radius 1 is 1.07 bits per heavy atom. The molecule has 1 aromatic heterocycles. The molecule has 0 radical (unpaired) electrons. The van der Waals surface area contributed by atoms with E-state index in [0.717, 1.165) is 0 Å². The van der Waals surface area contributed by atoms with Gasteiger partial charge in [-0.05, 0) is 49.2 Å². The Morgan fingerprint density at radius 3 is 2.47 bits per heavy atom. The van der Waals surface area contributed by atoms with Crippen LogP contribution in [-0.4, -0.2) is 46.5 Å². The molecule has 4 rings (SSSR count). The average Bonchev–Trinajstić information content (AvgIpc) is 3.29. The molecule has 30 heavy (non-hydrogen) atoms. The van der Waals surface area contributed by atoms with Crippen molar-refractivity contribution in [3.8, 4) is 11.4 Å². The first kappa shape index (κ1) is 19.8. The summed E-state index contributed by atoms with van der Waals surface area (Å²) in [6.45, 7) is 1.08. The van der Waals surface area contributed by atoms with Crippen LogP contribution in [0.4, 0.5) is 4.39 Å². The number of amides is 2. The number of nitrogens with one attached hydrogen (secondary N) is 1. The lowest BCUT2D eigenvalue weighted by Crippen LogP contribution is -2.43. The van der Waals surface area contributed by atoms with Crippen molar-refractivity contribution in [1.29, 1.82) is 0 Å². The van der Waals surface area contributed by atoms with E-state index in [4.69, 9.17) is 4.52 Å². The molecule has 0 bridgehead atoms. The van der Waals surface area contributed by atoms with Crippen LogP contribution in [0, 0.1) is 5.82 Å². The zero-order chi connectivity index (χ0) is 20.9. The van der Waals surface area contributed by atoms with Gasteiger partial charge in [0.1, 0.15) is 5.82 Å². The van der Waals surface area contributed by atoms with Gasteiger partial charge in [-0.1, -0.05) is 23.4 Å². The molecule has 2 heterocycles. The number of hydrogen-bond donors (Lipinski definition) is 1. The maximum Gasteiger partial charge on any atom is 0.251 e. The van der Waals surface area contributed by atoms with Crippen molar-refractivity contribution in [1.82, 2.24) is 20.4 Å². The summed E-state index contributed by atoms with van der Waals surface area (Å²) in [5.74, 6) is 0.313. The Bertz CT molecular complexity index is 1010. The Balaban J connectivity index is 1.28. The maximum absolute atomic E-state index is 13.1. The van der Waals surface area contributed by atoms with Gasteiger partial charge >= 0.3 is 0 Å². The van der Waals surface area contributed by atoms with Gasteiger partial charge in [-0.3, -0.25) is 9.59 Å². The van der Waals surface area contributed by atoms with E-state index in [1.54, 1.807) is 41.3 Å². The van der Waals surface area contributed by atoms with E-state index in [-0.39, 0.29) is 30.1 Å². The second-order valence-corrected chi connectivity index (χ2v) is 7.17. The summed E-state index contributed by atoms with van der Waals surface area (Å²) in [7, 11) is 0. The Hall–Kier alpha value is -3.55. The summed E-state index contributed by atoms with van der Waals surface area (Å²) < 4.78 is 18.5. The van der Waals surface area contributed by atoms with Crippen molar-refractivity contribution in [3.63, 3.8) is 0 Å². The molecule has 2 aromatic carbocycles. The van der Waals surface area contributed by atoms with E-state index in [2.05, 4.69) is 15.5 Å². The monoisotopic (exact) mass is 408 g/mol. The molecular weight excluding hydrogens is 387 g/mol. The van der Waals surface area contributed by atoms with E-state index in [0.29, 0.717) is 48.8 Å². The first-order chi connectivity index (χ1) is 14.6. The van der Waals surface area contributed by atoms with Crippen LogP contribution < -0.4 is 5.32 Å². The summed E-state index contributed by atoms with van der Waals surface area (Å²) in [5.41, 5.74) is 1.21. The molecule has 2 amide bonds. The summed E-state index contributed by atoms with van der Waals surface area (Å²) in [6.07, 6.45) is 1.40. The third kappa shape index (κ3) is 4.53. The van der Waals surface area contributed by atoms with Crippen LogP contribution in [0.25, 0.3) is 11.4 Å². The smallest absolute Gasteiger partial charge is 0.251 e. The zero-order valence-corrected chi connectivity index (χ0v) is 16.3. The number of piperidine rings is 1. The Labute approximate surface area is 172 Å². The predicted molar refractivity (Wildman–Crippen MR) is 107 cm³/mol. The van der Waals surface area contributed by atoms with Crippen molar-refractivity contribution in [2.45, 2.75) is 18.8 Å². The molecule has 3 aromatic rings. The fraction of sp³-hybridized carbons (Fsp3) is 0.273.